The summed E-state index contributed by atoms with van der Waals surface area (Å²) in [5.41, 5.74) is 7.99. The molecule has 5 nitrogen and oxygen atoms in total. The van der Waals surface area contributed by atoms with Crippen molar-refractivity contribution in [3.63, 3.8) is 0 Å². The Hall–Kier alpha value is -1.88. The first-order valence-corrected chi connectivity index (χ1v) is 5.46. The Labute approximate surface area is 98.6 Å². The van der Waals surface area contributed by atoms with Gasteiger partial charge in [-0.1, -0.05) is 0 Å². The van der Waals surface area contributed by atoms with E-state index in [1.807, 2.05) is 0 Å². The van der Waals surface area contributed by atoms with Crippen LogP contribution in [0.5, 0.6) is 0 Å². The molecule has 0 radical (unpaired) electrons. The third kappa shape index (κ3) is 2.62. The van der Waals surface area contributed by atoms with Gasteiger partial charge in [-0.2, -0.15) is 0 Å². The molecule has 1 unspecified atom stereocenters. The molecule has 90 valence electrons. The Balaban J connectivity index is 2.12. The number of aromatic nitrogens is 1. The van der Waals surface area contributed by atoms with Crippen molar-refractivity contribution in [2.24, 2.45) is 5.73 Å². The molecule has 0 aliphatic carbocycles. The zero-order valence-corrected chi connectivity index (χ0v) is 9.55. The van der Waals surface area contributed by atoms with Gasteiger partial charge in [0.05, 0.1) is 31.0 Å². The van der Waals surface area contributed by atoms with Crippen LogP contribution in [0.2, 0.25) is 0 Å². The largest absolute Gasteiger partial charge is 0.466 e. The molecule has 0 aromatic carbocycles. The lowest BCUT2D eigenvalue weighted by molar-refractivity contribution is -0.143. The number of rotatable bonds is 4. The number of fused-ring (bicyclic) bond motifs is 1. The Morgan fingerprint density at radius 1 is 1.53 bits per heavy atom. The minimum absolute atomic E-state index is 0.129. The maximum Gasteiger partial charge on any atom is 0.307 e. The summed E-state index contributed by atoms with van der Waals surface area (Å²) < 4.78 is 10.0. The van der Waals surface area contributed by atoms with Crippen molar-refractivity contribution >= 4 is 17.1 Å². The van der Waals surface area contributed by atoms with Gasteiger partial charge in [0.25, 0.3) is 0 Å². The summed E-state index contributed by atoms with van der Waals surface area (Å²) in [6.45, 7) is 2.12. The number of hydrogen-bond donors (Lipinski definition) is 1. The average Bonchev–Trinajstić information content (AvgIpc) is 2.75. The second-order valence-electron chi connectivity index (χ2n) is 3.66. The van der Waals surface area contributed by atoms with Gasteiger partial charge in [0.2, 0.25) is 0 Å². The smallest absolute Gasteiger partial charge is 0.307 e. The first kappa shape index (κ1) is 11.6. The molecule has 2 aromatic heterocycles. The highest BCUT2D eigenvalue weighted by Crippen LogP contribution is 2.18. The lowest BCUT2D eigenvalue weighted by Crippen LogP contribution is -2.18. The van der Waals surface area contributed by atoms with Gasteiger partial charge in [0.1, 0.15) is 5.52 Å². The molecule has 5 heteroatoms. The average molecular weight is 234 g/mol. The summed E-state index contributed by atoms with van der Waals surface area (Å²) in [6.07, 6.45) is 1.70. The number of carbonyl (C=O) groups is 1. The zero-order valence-electron chi connectivity index (χ0n) is 9.55. The molecule has 2 rings (SSSR count). The molecule has 0 fully saturated rings. The van der Waals surface area contributed by atoms with E-state index in [0.29, 0.717) is 17.9 Å². The van der Waals surface area contributed by atoms with Crippen LogP contribution in [0.1, 0.15) is 25.1 Å². The summed E-state index contributed by atoms with van der Waals surface area (Å²) in [6, 6.07) is 4.86. The van der Waals surface area contributed by atoms with Crippen LogP contribution in [-0.4, -0.2) is 17.6 Å². The van der Waals surface area contributed by atoms with Gasteiger partial charge >= 0.3 is 5.97 Å². The molecule has 17 heavy (non-hydrogen) atoms. The maximum atomic E-state index is 11.3. The van der Waals surface area contributed by atoms with E-state index >= 15 is 0 Å². The molecule has 2 N–H and O–H groups in total. The first-order chi connectivity index (χ1) is 8.20. The van der Waals surface area contributed by atoms with Gasteiger partial charge in [0.15, 0.2) is 5.58 Å². The van der Waals surface area contributed by atoms with Crippen molar-refractivity contribution in [3.8, 4) is 0 Å². The van der Waals surface area contributed by atoms with Crippen LogP contribution >= 0.6 is 0 Å². The van der Waals surface area contributed by atoms with Crippen LogP contribution in [0.4, 0.5) is 0 Å². The van der Waals surface area contributed by atoms with Crippen molar-refractivity contribution in [3.05, 3.63) is 30.2 Å². The summed E-state index contributed by atoms with van der Waals surface area (Å²) in [5, 5.41) is 0. The van der Waals surface area contributed by atoms with Crippen LogP contribution in [0.3, 0.4) is 0 Å². The van der Waals surface area contributed by atoms with Crippen molar-refractivity contribution < 1.29 is 13.9 Å². The number of hydrogen-bond acceptors (Lipinski definition) is 5. The van der Waals surface area contributed by atoms with Crippen LogP contribution in [0, 0.1) is 0 Å². The highest BCUT2D eigenvalue weighted by Gasteiger charge is 2.14. The number of nitrogens with two attached hydrogens (primary N) is 1. The molecule has 2 aromatic rings. The summed E-state index contributed by atoms with van der Waals surface area (Å²) in [5.74, 6) is -0.311. The predicted octanol–water partition coefficient (Wildman–Crippen LogP) is 1.78. The van der Waals surface area contributed by atoms with Gasteiger partial charge in [-0.05, 0) is 19.1 Å². The highest BCUT2D eigenvalue weighted by molar-refractivity contribution is 5.73. The monoisotopic (exact) mass is 234 g/mol. The number of furan rings is 1. The number of nitrogens with zero attached hydrogens (tertiary/aromatic N) is 1. The lowest BCUT2D eigenvalue weighted by Gasteiger charge is -2.09. The van der Waals surface area contributed by atoms with E-state index in [9.17, 15) is 4.79 Å². The molecule has 0 saturated heterocycles. The molecule has 0 bridgehead atoms. The second kappa shape index (κ2) is 4.97. The van der Waals surface area contributed by atoms with Gasteiger partial charge in [-0.25, -0.2) is 4.98 Å². The Bertz CT molecular complexity index is 521. The third-order valence-electron chi connectivity index (χ3n) is 2.40. The van der Waals surface area contributed by atoms with Gasteiger partial charge in [0, 0.05) is 6.07 Å². The van der Waals surface area contributed by atoms with E-state index in [1.165, 1.54) is 0 Å². The maximum absolute atomic E-state index is 11.3. The minimum atomic E-state index is -0.451. The number of pyridine rings is 1. The van der Waals surface area contributed by atoms with Crippen molar-refractivity contribution in [2.75, 3.05) is 6.61 Å². The van der Waals surface area contributed by atoms with E-state index in [0.717, 1.165) is 5.52 Å². The quantitative estimate of drug-likeness (QED) is 0.816. The standard InChI is InChI=1S/C12H14N2O3/c1-2-16-12(15)7-8(13)9-3-4-11-10(14-9)5-6-17-11/h3-6,8H,2,7,13H2,1H3. The van der Waals surface area contributed by atoms with E-state index in [-0.39, 0.29) is 12.4 Å². The topological polar surface area (TPSA) is 78.4 Å². The minimum Gasteiger partial charge on any atom is -0.466 e. The van der Waals surface area contributed by atoms with Crippen LogP contribution in [-0.2, 0) is 9.53 Å². The normalized spacial score (nSPS) is 12.6. The fourth-order valence-electron chi connectivity index (χ4n) is 1.58. The summed E-state index contributed by atoms with van der Waals surface area (Å²) >= 11 is 0. The second-order valence-corrected chi connectivity index (χ2v) is 3.66. The SMILES string of the molecule is CCOC(=O)CC(N)c1ccc2occc2n1. The van der Waals surface area contributed by atoms with Crippen molar-refractivity contribution in [1.29, 1.82) is 0 Å². The fraction of sp³-hybridized carbons (Fsp3) is 0.333. The Morgan fingerprint density at radius 2 is 2.35 bits per heavy atom. The number of carbonyl (C=O) groups excluding carboxylic acids is 1. The number of ether oxygens (including phenoxy) is 1. The fourth-order valence-corrected chi connectivity index (χ4v) is 1.58. The molecule has 2 heterocycles. The molecule has 0 saturated carbocycles. The molecule has 0 aliphatic rings. The van der Waals surface area contributed by atoms with E-state index < -0.39 is 6.04 Å². The van der Waals surface area contributed by atoms with Gasteiger partial charge in [-0.15, -0.1) is 0 Å². The molecule has 0 aliphatic heterocycles. The summed E-state index contributed by atoms with van der Waals surface area (Å²) in [4.78, 5) is 15.6. The third-order valence-corrected chi connectivity index (χ3v) is 2.40. The van der Waals surface area contributed by atoms with E-state index in [2.05, 4.69) is 4.98 Å². The van der Waals surface area contributed by atoms with Gasteiger partial charge < -0.3 is 14.9 Å². The molecular formula is C12H14N2O3. The first-order valence-electron chi connectivity index (χ1n) is 5.46. The van der Waals surface area contributed by atoms with Crippen LogP contribution in [0.25, 0.3) is 11.1 Å². The molecule has 0 amide bonds. The summed E-state index contributed by atoms with van der Waals surface area (Å²) in [7, 11) is 0. The van der Waals surface area contributed by atoms with Crippen molar-refractivity contribution in [2.45, 2.75) is 19.4 Å². The Morgan fingerprint density at radius 3 is 3.12 bits per heavy atom. The molecule has 1 atom stereocenters. The van der Waals surface area contributed by atoms with Crippen LogP contribution < -0.4 is 5.73 Å². The van der Waals surface area contributed by atoms with Crippen LogP contribution in [0.15, 0.2) is 28.9 Å². The van der Waals surface area contributed by atoms with Crippen molar-refractivity contribution in [1.82, 2.24) is 4.98 Å². The number of esters is 1. The van der Waals surface area contributed by atoms with E-state index in [4.69, 9.17) is 14.9 Å². The Kier molecular flexibility index (Phi) is 3.39. The van der Waals surface area contributed by atoms with Gasteiger partial charge in [-0.3, -0.25) is 4.79 Å². The predicted molar refractivity (Wildman–Crippen MR) is 62.2 cm³/mol. The highest BCUT2D eigenvalue weighted by atomic mass is 16.5. The zero-order chi connectivity index (χ0) is 12.3. The van der Waals surface area contributed by atoms with E-state index in [1.54, 1.807) is 31.4 Å². The lowest BCUT2D eigenvalue weighted by atomic mass is 10.1. The molecule has 0 spiro atoms. The molecular weight excluding hydrogens is 220 g/mol.